The second kappa shape index (κ2) is 8.63. The molecule has 2 rings (SSSR count). The minimum absolute atomic E-state index is 0.620. The van der Waals surface area contributed by atoms with Gasteiger partial charge in [-0.3, -0.25) is 9.89 Å². The highest BCUT2D eigenvalue weighted by molar-refractivity contribution is 5.79. The van der Waals surface area contributed by atoms with E-state index in [0.29, 0.717) is 12.6 Å². The van der Waals surface area contributed by atoms with Gasteiger partial charge in [0.15, 0.2) is 5.96 Å². The van der Waals surface area contributed by atoms with E-state index in [9.17, 15) is 0 Å². The summed E-state index contributed by atoms with van der Waals surface area (Å²) >= 11 is 0. The number of likely N-dealkylation sites (N-methyl/N-ethyl adjacent to an activating group) is 1. The van der Waals surface area contributed by atoms with Crippen molar-refractivity contribution in [3.63, 3.8) is 0 Å². The number of ether oxygens (including phenoxy) is 1. The number of hydrogen-bond acceptors (Lipinski definition) is 3. The first kappa shape index (κ1) is 16.6. The number of aliphatic imine (C=N–C) groups is 1. The van der Waals surface area contributed by atoms with Crippen LogP contribution < -0.4 is 15.4 Å². The molecule has 5 nitrogen and oxygen atoms in total. The molecule has 122 valence electrons. The molecule has 1 aromatic rings. The largest absolute Gasteiger partial charge is 0.496 e. The molecule has 0 aliphatic carbocycles. The first-order valence-electron chi connectivity index (χ1n) is 8.09. The van der Waals surface area contributed by atoms with E-state index in [2.05, 4.69) is 33.5 Å². The molecule has 1 aliphatic rings. The number of nitrogens with one attached hydrogen (secondary N) is 2. The Labute approximate surface area is 133 Å². The van der Waals surface area contributed by atoms with Gasteiger partial charge in [0.1, 0.15) is 5.75 Å². The van der Waals surface area contributed by atoms with Crippen LogP contribution in [0.5, 0.6) is 5.75 Å². The summed E-state index contributed by atoms with van der Waals surface area (Å²) in [5, 5.41) is 6.80. The second-order valence-corrected chi connectivity index (χ2v) is 5.54. The summed E-state index contributed by atoms with van der Waals surface area (Å²) in [6.45, 7) is 6.22. The number of para-hydroxylation sites is 1. The molecule has 1 aliphatic heterocycles. The van der Waals surface area contributed by atoms with E-state index in [1.165, 1.54) is 19.4 Å². The van der Waals surface area contributed by atoms with Gasteiger partial charge in [-0.25, -0.2) is 0 Å². The van der Waals surface area contributed by atoms with Crippen LogP contribution in [0.2, 0.25) is 0 Å². The Bertz CT molecular complexity index is 489. The molecule has 0 saturated carbocycles. The lowest BCUT2D eigenvalue weighted by Gasteiger charge is -2.24. The topological polar surface area (TPSA) is 48.9 Å². The van der Waals surface area contributed by atoms with Gasteiger partial charge < -0.3 is 15.4 Å². The van der Waals surface area contributed by atoms with Crippen LogP contribution in [0, 0.1) is 0 Å². The molecule has 0 spiro atoms. The number of methoxy groups -OCH3 is 1. The molecule has 1 atom stereocenters. The van der Waals surface area contributed by atoms with Crippen molar-refractivity contribution in [1.29, 1.82) is 0 Å². The summed E-state index contributed by atoms with van der Waals surface area (Å²) < 4.78 is 5.37. The van der Waals surface area contributed by atoms with Gasteiger partial charge in [-0.2, -0.15) is 0 Å². The van der Waals surface area contributed by atoms with E-state index >= 15 is 0 Å². The van der Waals surface area contributed by atoms with E-state index in [1.54, 1.807) is 7.11 Å². The van der Waals surface area contributed by atoms with Crippen LogP contribution in [0.1, 0.15) is 25.3 Å². The number of hydrogen-bond donors (Lipinski definition) is 2. The SMILES string of the molecule is CCN1CCCC1CNC(=NC)NCc1ccccc1OC. The molecule has 1 saturated heterocycles. The molecule has 0 aromatic heterocycles. The Kier molecular flexibility index (Phi) is 6.52. The van der Waals surface area contributed by atoms with Crippen LogP contribution >= 0.6 is 0 Å². The zero-order valence-electron chi connectivity index (χ0n) is 13.9. The predicted octanol–water partition coefficient (Wildman–Crippen LogP) is 1.84. The molecule has 0 amide bonds. The Morgan fingerprint density at radius 3 is 2.91 bits per heavy atom. The number of nitrogens with zero attached hydrogens (tertiary/aromatic N) is 2. The molecule has 1 heterocycles. The summed E-state index contributed by atoms with van der Waals surface area (Å²) in [7, 11) is 3.51. The number of guanidine groups is 1. The van der Waals surface area contributed by atoms with Crippen molar-refractivity contribution in [3.05, 3.63) is 29.8 Å². The molecular weight excluding hydrogens is 276 g/mol. The van der Waals surface area contributed by atoms with Crippen LogP contribution in [-0.4, -0.2) is 50.7 Å². The molecule has 22 heavy (non-hydrogen) atoms. The number of rotatable bonds is 6. The maximum atomic E-state index is 5.37. The molecular formula is C17H28N4O. The first-order chi connectivity index (χ1) is 10.8. The van der Waals surface area contributed by atoms with Crippen molar-refractivity contribution in [2.45, 2.75) is 32.4 Å². The van der Waals surface area contributed by atoms with Crippen molar-refractivity contribution in [2.75, 3.05) is 33.8 Å². The van der Waals surface area contributed by atoms with Gasteiger partial charge in [0.2, 0.25) is 0 Å². The second-order valence-electron chi connectivity index (χ2n) is 5.54. The molecule has 1 fully saturated rings. The van der Waals surface area contributed by atoms with Crippen molar-refractivity contribution in [1.82, 2.24) is 15.5 Å². The fraction of sp³-hybridized carbons (Fsp3) is 0.588. The molecule has 1 unspecified atom stereocenters. The van der Waals surface area contributed by atoms with Crippen molar-refractivity contribution < 1.29 is 4.74 Å². The summed E-state index contributed by atoms with van der Waals surface area (Å²) in [5.74, 6) is 1.74. The highest BCUT2D eigenvalue weighted by Crippen LogP contribution is 2.17. The molecule has 2 N–H and O–H groups in total. The fourth-order valence-corrected chi connectivity index (χ4v) is 3.01. The summed E-state index contributed by atoms with van der Waals surface area (Å²) in [6.07, 6.45) is 2.57. The third-order valence-corrected chi connectivity index (χ3v) is 4.27. The number of benzene rings is 1. The Balaban J connectivity index is 1.82. The molecule has 0 bridgehead atoms. The third-order valence-electron chi connectivity index (χ3n) is 4.27. The van der Waals surface area contributed by atoms with Gasteiger partial charge in [-0.1, -0.05) is 25.1 Å². The standard InChI is InChI=1S/C17H28N4O/c1-4-21-11-7-9-15(21)13-20-17(18-2)19-12-14-8-5-6-10-16(14)22-3/h5-6,8,10,15H,4,7,9,11-13H2,1-3H3,(H2,18,19,20). The van der Waals surface area contributed by atoms with Crippen molar-refractivity contribution in [2.24, 2.45) is 4.99 Å². The normalized spacial score (nSPS) is 19.2. The first-order valence-corrected chi connectivity index (χ1v) is 8.09. The zero-order chi connectivity index (χ0) is 15.8. The fourth-order valence-electron chi connectivity index (χ4n) is 3.01. The maximum Gasteiger partial charge on any atom is 0.191 e. The lowest BCUT2D eigenvalue weighted by Crippen LogP contribution is -2.44. The van der Waals surface area contributed by atoms with Gasteiger partial charge in [-0.05, 0) is 32.0 Å². The van der Waals surface area contributed by atoms with Gasteiger partial charge in [0.05, 0.1) is 7.11 Å². The monoisotopic (exact) mass is 304 g/mol. The molecule has 0 radical (unpaired) electrons. The van der Waals surface area contributed by atoms with Crippen LogP contribution in [-0.2, 0) is 6.54 Å². The predicted molar refractivity (Wildman–Crippen MR) is 91.5 cm³/mol. The lowest BCUT2D eigenvalue weighted by molar-refractivity contribution is 0.267. The highest BCUT2D eigenvalue weighted by Gasteiger charge is 2.22. The average Bonchev–Trinajstić information content (AvgIpc) is 3.03. The van der Waals surface area contributed by atoms with Crippen LogP contribution in [0.25, 0.3) is 0 Å². The smallest absolute Gasteiger partial charge is 0.191 e. The third kappa shape index (κ3) is 4.37. The van der Waals surface area contributed by atoms with Gasteiger partial charge in [-0.15, -0.1) is 0 Å². The van der Waals surface area contributed by atoms with E-state index in [1.807, 2.05) is 25.2 Å². The van der Waals surface area contributed by atoms with Crippen LogP contribution in [0.4, 0.5) is 0 Å². The van der Waals surface area contributed by atoms with Gasteiger partial charge in [0, 0.05) is 31.7 Å². The molecule has 5 heteroatoms. The molecule has 1 aromatic carbocycles. The Morgan fingerprint density at radius 1 is 1.36 bits per heavy atom. The van der Waals surface area contributed by atoms with E-state index in [-0.39, 0.29) is 0 Å². The van der Waals surface area contributed by atoms with Crippen LogP contribution in [0.3, 0.4) is 0 Å². The van der Waals surface area contributed by atoms with Gasteiger partial charge in [0.25, 0.3) is 0 Å². The quantitative estimate of drug-likeness (QED) is 0.622. The van der Waals surface area contributed by atoms with E-state index in [4.69, 9.17) is 4.74 Å². The minimum atomic E-state index is 0.620. The van der Waals surface area contributed by atoms with Crippen molar-refractivity contribution >= 4 is 5.96 Å². The van der Waals surface area contributed by atoms with Gasteiger partial charge >= 0.3 is 0 Å². The summed E-state index contributed by atoms with van der Waals surface area (Å²) in [4.78, 5) is 6.83. The minimum Gasteiger partial charge on any atom is -0.496 e. The van der Waals surface area contributed by atoms with E-state index in [0.717, 1.165) is 30.4 Å². The maximum absolute atomic E-state index is 5.37. The van der Waals surface area contributed by atoms with E-state index < -0.39 is 0 Å². The average molecular weight is 304 g/mol. The van der Waals surface area contributed by atoms with Crippen LogP contribution in [0.15, 0.2) is 29.3 Å². The number of likely N-dealkylation sites (tertiary alicyclic amines) is 1. The lowest BCUT2D eigenvalue weighted by atomic mass is 10.2. The summed E-state index contributed by atoms with van der Waals surface area (Å²) in [6, 6.07) is 8.66. The van der Waals surface area contributed by atoms with Crippen molar-refractivity contribution in [3.8, 4) is 5.75 Å². The Morgan fingerprint density at radius 2 is 2.18 bits per heavy atom. The Hall–Kier alpha value is -1.75. The highest BCUT2D eigenvalue weighted by atomic mass is 16.5. The summed E-state index contributed by atoms with van der Waals surface area (Å²) in [5.41, 5.74) is 1.13. The zero-order valence-corrected chi connectivity index (χ0v) is 13.9.